The smallest absolute Gasteiger partial charge is 0.226 e. The fourth-order valence-corrected chi connectivity index (χ4v) is 8.56. The van der Waals surface area contributed by atoms with E-state index in [1.54, 1.807) is 0 Å². The minimum atomic E-state index is -0.356. The first-order chi connectivity index (χ1) is 14.8. The lowest BCUT2D eigenvalue weighted by Gasteiger charge is -2.67. The highest BCUT2D eigenvalue weighted by Crippen LogP contribution is 2.68. The molecule has 6 rings (SSSR count). The van der Waals surface area contributed by atoms with Gasteiger partial charge in [0.15, 0.2) is 0 Å². The van der Waals surface area contributed by atoms with Gasteiger partial charge in [0.25, 0.3) is 0 Å². The maximum Gasteiger partial charge on any atom is 0.226 e. The zero-order valence-corrected chi connectivity index (χ0v) is 19.8. The van der Waals surface area contributed by atoms with E-state index < -0.39 is 0 Å². The van der Waals surface area contributed by atoms with Gasteiger partial charge in [-0.25, -0.2) is 0 Å². The maximum absolute atomic E-state index is 13.8. The van der Waals surface area contributed by atoms with Crippen LogP contribution >= 0.6 is 0 Å². The molecule has 2 atom stereocenters. The van der Waals surface area contributed by atoms with Gasteiger partial charge in [0.05, 0.1) is 10.8 Å². The van der Waals surface area contributed by atoms with Gasteiger partial charge in [-0.3, -0.25) is 9.59 Å². The number of nitrogens with zero attached hydrogens (tertiary/aromatic N) is 1. The highest BCUT2D eigenvalue weighted by atomic mass is 16.2. The van der Waals surface area contributed by atoms with Crippen LogP contribution in [0.1, 0.15) is 103 Å². The Hall–Kier alpha value is -1.10. The second kappa shape index (κ2) is 8.04. The standard InChI is InChI=1S/C26H43N3O2/c1-29(2)26-15-19-13-24(17-26,22(30)27-20-9-5-3-6-10-20)16-25(14-19,18-26)23(31)28-21-11-7-4-8-12-21/h19-21H,3-18H2,1-2H3,(H,27,30)(H,28,31). The molecule has 31 heavy (non-hydrogen) atoms. The van der Waals surface area contributed by atoms with Crippen LogP contribution in [0.3, 0.4) is 0 Å². The number of hydrogen-bond acceptors (Lipinski definition) is 3. The van der Waals surface area contributed by atoms with Crippen LogP contribution in [-0.4, -0.2) is 48.4 Å². The van der Waals surface area contributed by atoms with E-state index in [1.165, 1.54) is 38.5 Å². The van der Waals surface area contributed by atoms with Gasteiger partial charge >= 0.3 is 0 Å². The Morgan fingerprint density at radius 3 is 1.55 bits per heavy atom. The molecular formula is C26H43N3O2. The number of carbonyl (C=O) groups is 2. The molecule has 4 bridgehead atoms. The van der Waals surface area contributed by atoms with Crippen molar-refractivity contribution in [1.82, 2.24) is 15.5 Å². The molecular weight excluding hydrogens is 386 g/mol. The first-order valence-corrected chi connectivity index (χ1v) is 13.1. The van der Waals surface area contributed by atoms with Gasteiger partial charge in [-0.2, -0.15) is 0 Å². The molecule has 0 aromatic heterocycles. The predicted molar refractivity (Wildman–Crippen MR) is 123 cm³/mol. The van der Waals surface area contributed by atoms with E-state index in [0.717, 1.165) is 64.2 Å². The van der Waals surface area contributed by atoms with Crippen molar-refractivity contribution in [3.8, 4) is 0 Å². The van der Waals surface area contributed by atoms with Crippen molar-refractivity contribution in [3.63, 3.8) is 0 Å². The third kappa shape index (κ3) is 3.83. The summed E-state index contributed by atoms with van der Waals surface area (Å²) >= 11 is 0. The third-order valence-corrected chi connectivity index (χ3v) is 9.83. The van der Waals surface area contributed by atoms with E-state index >= 15 is 0 Å². The van der Waals surface area contributed by atoms with Crippen molar-refractivity contribution in [3.05, 3.63) is 0 Å². The summed E-state index contributed by atoms with van der Waals surface area (Å²) in [5.41, 5.74) is -0.719. The van der Waals surface area contributed by atoms with Crippen molar-refractivity contribution in [2.75, 3.05) is 14.1 Å². The first kappa shape index (κ1) is 21.7. The van der Waals surface area contributed by atoms with E-state index in [4.69, 9.17) is 0 Å². The molecule has 0 radical (unpaired) electrons. The topological polar surface area (TPSA) is 61.4 Å². The number of nitrogens with one attached hydrogen (secondary N) is 2. The summed E-state index contributed by atoms with van der Waals surface area (Å²) in [4.78, 5) is 30.0. The van der Waals surface area contributed by atoms with Crippen LogP contribution in [0.25, 0.3) is 0 Å². The molecule has 5 nitrogen and oxygen atoms in total. The Morgan fingerprint density at radius 1 is 0.677 bits per heavy atom. The molecule has 2 N–H and O–H groups in total. The lowest BCUT2D eigenvalue weighted by Crippen LogP contribution is -2.70. The fourth-order valence-electron chi connectivity index (χ4n) is 8.56. The first-order valence-electron chi connectivity index (χ1n) is 13.1. The van der Waals surface area contributed by atoms with Crippen molar-refractivity contribution in [2.45, 2.75) is 120 Å². The lowest BCUT2D eigenvalue weighted by molar-refractivity contribution is -0.186. The summed E-state index contributed by atoms with van der Waals surface area (Å²) in [6.07, 6.45) is 17.8. The number of hydrogen-bond donors (Lipinski definition) is 2. The molecule has 0 aromatic carbocycles. The maximum atomic E-state index is 13.8. The van der Waals surface area contributed by atoms with Crippen LogP contribution in [0.15, 0.2) is 0 Å². The molecule has 0 aromatic rings. The molecule has 2 amide bonds. The van der Waals surface area contributed by atoms with Gasteiger partial charge < -0.3 is 15.5 Å². The summed E-state index contributed by atoms with van der Waals surface area (Å²) < 4.78 is 0. The molecule has 6 fully saturated rings. The van der Waals surface area contributed by atoms with Crippen LogP contribution < -0.4 is 10.6 Å². The van der Waals surface area contributed by atoms with Crippen LogP contribution in [0.4, 0.5) is 0 Å². The van der Waals surface area contributed by atoms with Crippen molar-refractivity contribution >= 4 is 11.8 Å². The lowest BCUT2D eigenvalue weighted by atomic mass is 9.41. The van der Waals surface area contributed by atoms with Gasteiger partial charge in [-0.1, -0.05) is 38.5 Å². The van der Waals surface area contributed by atoms with Crippen molar-refractivity contribution in [1.29, 1.82) is 0 Å². The van der Waals surface area contributed by atoms with Crippen molar-refractivity contribution < 1.29 is 9.59 Å². The predicted octanol–water partition coefficient (Wildman–Crippen LogP) is 4.16. The number of amides is 2. The summed E-state index contributed by atoms with van der Waals surface area (Å²) in [5, 5.41) is 6.96. The Kier molecular flexibility index (Phi) is 5.64. The minimum absolute atomic E-state index is 0.00672. The number of carbonyl (C=O) groups excluding carboxylic acids is 2. The van der Waals surface area contributed by atoms with Crippen molar-refractivity contribution in [2.24, 2.45) is 16.7 Å². The summed E-state index contributed by atoms with van der Waals surface area (Å²) in [7, 11) is 4.35. The average Bonchev–Trinajstić information content (AvgIpc) is 2.74. The zero-order chi connectivity index (χ0) is 21.7. The van der Waals surface area contributed by atoms with Crippen LogP contribution in [0.5, 0.6) is 0 Å². The van der Waals surface area contributed by atoms with E-state index in [2.05, 4.69) is 29.6 Å². The van der Waals surface area contributed by atoms with E-state index in [0.29, 0.717) is 18.0 Å². The van der Waals surface area contributed by atoms with Crippen LogP contribution in [0, 0.1) is 16.7 Å². The molecule has 6 aliphatic rings. The van der Waals surface area contributed by atoms with Crippen LogP contribution in [0.2, 0.25) is 0 Å². The Bertz CT molecular complexity index is 659. The summed E-state index contributed by atoms with van der Waals surface area (Å²) in [5.74, 6) is 1.03. The highest BCUT2D eigenvalue weighted by Gasteiger charge is 2.68. The molecule has 5 heteroatoms. The molecule has 0 aliphatic heterocycles. The van der Waals surface area contributed by atoms with E-state index in [-0.39, 0.29) is 28.2 Å². The van der Waals surface area contributed by atoms with Gasteiger partial charge in [-0.05, 0) is 84.2 Å². The molecule has 0 spiro atoms. The molecule has 6 saturated carbocycles. The van der Waals surface area contributed by atoms with Gasteiger partial charge in [0.1, 0.15) is 0 Å². The van der Waals surface area contributed by atoms with Gasteiger partial charge in [0, 0.05) is 17.6 Å². The quantitative estimate of drug-likeness (QED) is 0.690. The third-order valence-electron chi connectivity index (χ3n) is 9.83. The van der Waals surface area contributed by atoms with E-state index in [1.807, 2.05) is 0 Å². The highest BCUT2D eigenvalue weighted by molar-refractivity contribution is 5.89. The Balaban J connectivity index is 1.40. The average molecular weight is 430 g/mol. The monoisotopic (exact) mass is 429 g/mol. The molecule has 0 heterocycles. The minimum Gasteiger partial charge on any atom is -0.353 e. The molecule has 174 valence electrons. The fraction of sp³-hybridized carbons (Fsp3) is 0.923. The Morgan fingerprint density at radius 2 is 1.13 bits per heavy atom. The molecule has 2 unspecified atom stereocenters. The second-order valence-corrected chi connectivity index (χ2v) is 12.3. The summed E-state index contributed by atoms with van der Waals surface area (Å²) in [6.45, 7) is 0. The second-order valence-electron chi connectivity index (χ2n) is 12.3. The normalized spacial score (nSPS) is 40.8. The van der Waals surface area contributed by atoms with E-state index in [9.17, 15) is 9.59 Å². The van der Waals surface area contributed by atoms with Crippen LogP contribution in [-0.2, 0) is 9.59 Å². The SMILES string of the molecule is CN(C)C12CC3CC(C(=O)NC4CCCCC4)(CC(C(=O)NC4CCCCC4)(C3)C1)C2. The summed E-state index contributed by atoms with van der Waals surface area (Å²) in [6, 6.07) is 0.688. The largest absolute Gasteiger partial charge is 0.353 e. The number of rotatable bonds is 5. The zero-order valence-electron chi connectivity index (χ0n) is 19.8. The molecule has 0 saturated heterocycles. The van der Waals surface area contributed by atoms with Gasteiger partial charge in [0.2, 0.25) is 11.8 Å². The molecule has 6 aliphatic carbocycles. The Labute approximate surface area is 188 Å². The van der Waals surface area contributed by atoms with Gasteiger partial charge in [-0.15, -0.1) is 0 Å².